The molecule has 0 aliphatic rings. The zero-order valence-corrected chi connectivity index (χ0v) is 12.3. The predicted octanol–water partition coefficient (Wildman–Crippen LogP) is 2.70. The number of aromatic nitrogens is 4. The molecule has 0 aliphatic carbocycles. The Labute approximate surface area is 122 Å². The summed E-state index contributed by atoms with van der Waals surface area (Å²) in [5.74, 6) is 0.0803. The van der Waals surface area contributed by atoms with Crippen molar-refractivity contribution in [2.45, 2.75) is 27.3 Å². The minimum absolute atomic E-state index is 0.0803. The highest BCUT2D eigenvalue weighted by Crippen LogP contribution is 2.26. The monoisotopic (exact) mass is 280 g/mol. The molecule has 106 valence electrons. The van der Waals surface area contributed by atoms with Gasteiger partial charge >= 0.3 is 0 Å². The molecule has 3 aromatic rings. The number of Topliss-reactive ketones (excluding diaryl/α,β-unsaturated/α-hetero) is 1. The van der Waals surface area contributed by atoms with Crippen LogP contribution < -0.4 is 0 Å². The van der Waals surface area contributed by atoms with Crippen molar-refractivity contribution < 1.29 is 4.79 Å². The number of hydrogen-bond donors (Lipinski definition) is 0. The Balaban J connectivity index is 2.13. The smallest absolute Gasteiger partial charge is 0.151 e. The lowest BCUT2D eigenvalue weighted by atomic mass is 10.1. The molecule has 0 aliphatic heterocycles. The Morgan fingerprint density at radius 2 is 1.90 bits per heavy atom. The molecule has 0 atom stereocenters. The topological polar surface area (TPSA) is 60.7 Å². The first kappa shape index (κ1) is 13.4. The van der Waals surface area contributed by atoms with E-state index in [9.17, 15) is 4.79 Å². The van der Waals surface area contributed by atoms with Gasteiger partial charge in [0.05, 0.1) is 35.2 Å². The molecule has 21 heavy (non-hydrogen) atoms. The summed E-state index contributed by atoms with van der Waals surface area (Å²) in [6.45, 7) is 5.73. The second-order valence-corrected chi connectivity index (χ2v) is 5.15. The molecule has 3 rings (SSSR count). The number of nitrogens with zero attached hydrogens (tertiary/aromatic N) is 4. The van der Waals surface area contributed by atoms with Gasteiger partial charge in [-0.25, -0.2) is 4.98 Å². The van der Waals surface area contributed by atoms with Crippen molar-refractivity contribution in [1.82, 2.24) is 19.7 Å². The van der Waals surface area contributed by atoms with Crippen molar-refractivity contribution >= 4 is 16.8 Å². The first-order valence-corrected chi connectivity index (χ1v) is 6.82. The second kappa shape index (κ2) is 5.09. The molecular weight excluding hydrogens is 264 g/mol. The molecule has 2 heterocycles. The Bertz CT molecular complexity index is 835. The van der Waals surface area contributed by atoms with Crippen LogP contribution in [-0.2, 0) is 11.3 Å². The molecule has 0 bridgehead atoms. The first-order chi connectivity index (χ1) is 10.1. The van der Waals surface area contributed by atoms with Crippen molar-refractivity contribution in [2.24, 2.45) is 0 Å². The van der Waals surface area contributed by atoms with Crippen LogP contribution in [0.25, 0.3) is 22.3 Å². The van der Waals surface area contributed by atoms with E-state index < -0.39 is 0 Å². The number of carbonyl (C=O) groups is 1. The maximum Gasteiger partial charge on any atom is 0.151 e. The zero-order chi connectivity index (χ0) is 15.0. The van der Waals surface area contributed by atoms with Crippen LogP contribution in [0.4, 0.5) is 0 Å². The molecular formula is C16H16N4O. The summed E-state index contributed by atoms with van der Waals surface area (Å²) in [6, 6.07) is 7.76. The summed E-state index contributed by atoms with van der Waals surface area (Å²) in [4.78, 5) is 20.4. The number of para-hydroxylation sites is 2. The number of fused-ring (bicyclic) bond motifs is 1. The van der Waals surface area contributed by atoms with Crippen LogP contribution in [0.5, 0.6) is 0 Å². The van der Waals surface area contributed by atoms with Gasteiger partial charge in [-0.05, 0) is 32.9 Å². The van der Waals surface area contributed by atoms with Crippen molar-refractivity contribution in [3.63, 3.8) is 0 Å². The van der Waals surface area contributed by atoms with E-state index >= 15 is 0 Å². The van der Waals surface area contributed by atoms with Gasteiger partial charge in [0, 0.05) is 11.3 Å². The largest absolute Gasteiger partial charge is 0.298 e. The summed E-state index contributed by atoms with van der Waals surface area (Å²) < 4.78 is 1.73. The normalized spacial score (nSPS) is 11.0. The third-order valence-electron chi connectivity index (χ3n) is 3.46. The molecule has 0 radical (unpaired) electrons. The van der Waals surface area contributed by atoms with E-state index in [1.54, 1.807) is 17.8 Å². The van der Waals surface area contributed by atoms with Crippen LogP contribution in [0.15, 0.2) is 30.5 Å². The number of rotatable bonds is 3. The third kappa shape index (κ3) is 2.42. The lowest BCUT2D eigenvalue weighted by Gasteiger charge is -2.04. The fourth-order valence-corrected chi connectivity index (χ4v) is 2.51. The van der Waals surface area contributed by atoms with E-state index in [2.05, 4.69) is 15.1 Å². The Morgan fingerprint density at radius 1 is 1.19 bits per heavy atom. The van der Waals surface area contributed by atoms with Crippen molar-refractivity contribution in [1.29, 1.82) is 0 Å². The van der Waals surface area contributed by atoms with Crippen LogP contribution in [-0.4, -0.2) is 25.5 Å². The standard InChI is InChI=1S/C16H16N4O/c1-10(21)9-20-12(3)16(11(2)19-20)15-8-17-13-6-4-5-7-14(13)18-15/h4-8H,9H2,1-3H3. The summed E-state index contributed by atoms with van der Waals surface area (Å²) in [7, 11) is 0. The van der Waals surface area contributed by atoms with Gasteiger partial charge in [0.25, 0.3) is 0 Å². The van der Waals surface area contributed by atoms with Crippen LogP contribution in [0, 0.1) is 13.8 Å². The van der Waals surface area contributed by atoms with E-state index in [1.807, 2.05) is 38.1 Å². The third-order valence-corrected chi connectivity index (χ3v) is 3.46. The Kier molecular flexibility index (Phi) is 3.25. The fourth-order valence-electron chi connectivity index (χ4n) is 2.51. The van der Waals surface area contributed by atoms with Crippen molar-refractivity contribution in [2.75, 3.05) is 0 Å². The van der Waals surface area contributed by atoms with Crippen LogP contribution in [0.2, 0.25) is 0 Å². The van der Waals surface area contributed by atoms with Gasteiger partial charge in [-0.2, -0.15) is 5.10 Å². The Hall–Kier alpha value is -2.56. The fraction of sp³-hybridized carbons (Fsp3) is 0.250. The number of ketones is 1. The SMILES string of the molecule is CC(=O)Cn1nc(C)c(-c2cnc3ccccc3n2)c1C. The highest BCUT2D eigenvalue weighted by molar-refractivity contribution is 5.78. The minimum atomic E-state index is 0.0803. The van der Waals surface area contributed by atoms with E-state index in [0.717, 1.165) is 33.7 Å². The number of benzene rings is 1. The molecule has 2 aromatic heterocycles. The van der Waals surface area contributed by atoms with E-state index in [-0.39, 0.29) is 12.3 Å². The van der Waals surface area contributed by atoms with Gasteiger partial charge in [0.1, 0.15) is 0 Å². The van der Waals surface area contributed by atoms with Crippen LogP contribution in [0.1, 0.15) is 18.3 Å². The molecule has 0 amide bonds. The highest BCUT2D eigenvalue weighted by atomic mass is 16.1. The summed E-state index contributed by atoms with van der Waals surface area (Å²) in [6.07, 6.45) is 1.76. The van der Waals surface area contributed by atoms with Gasteiger partial charge in [-0.15, -0.1) is 0 Å². The van der Waals surface area contributed by atoms with Crippen LogP contribution >= 0.6 is 0 Å². The van der Waals surface area contributed by atoms with E-state index in [0.29, 0.717) is 0 Å². The minimum Gasteiger partial charge on any atom is -0.298 e. The molecule has 0 spiro atoms. The summed E-state index contributed by atoms with van der Waals surface area (Å²) >= 11 is 0. The second-order valence-electron chi connectivity index (χ2n) is 5.15. The van der Waals surface area contributed by atoms with Gasteiger partial charge < -0.3 is 0 Å². The summed E-state index contributed by atoms with van der Waals surface area (Å²) in [5, 5.41) is 4.43. The van der Waals surface area contributed by atoms with Gasteiger partial charge in [-0.1, -0.05) is 12.1 Å². The lowest BCUT2D eigenvalue weighted by molar-refractivity contribution is -0.117. The molecule has 0 saturated heterocycles. The van der Waals surface area contributed by atoms with E-state index in [1.165, 1.54) is 0 Å². The van der Waals surface area contributed by atoms with Gasteiger partial charge in [-0.3, -0.25) is 14.5 Å². The summed E-state index contributed by atoms with van der Waals surface area (Å²) in [5.41, 5.74) is 5.26. The maximum atomic E-state index is 11.3. The van der Waals surface area contributed by atoms with E-state index in [4.69, 9.17) is 0 Å². The molecule has 5 nitrogen and oxygen atoms in total. The number of hydrogen-bond acceptors (Lipinski definition) is 4. The number of carbonyl (C=O) groups excluding carboxylic acids is 1. The van der Waals surface area contributed by atoms with Crippen LogP contribution in [0.3, 0.4) is 0 Å². The number of aryl methyl sites for hydroxylation is 1. The van der Waals surface area contributed by atoms with Crippen molar-refractivity contribution in [3.8, 4) is 11.3 Å². The van der Waals surface area contributed by atoms with Gasteiger partial charge in [0.2, 0.25) is 0 Å². The molecule has 1 aromatic carbocycles. The Morgan fingerprint density at radius 3 is 2.62 bits per heavy atom. The first-order valence-electron chi connectivity index (χ1n) is 6.82. The lowest BCUT2D eigenvalue weighted by Crippen LogP contribution is -2.09. The van der Waals surface area contributed by atoms with Crippen molar-refractivity contribution in [3.05, 3.63) is 41.9 Å². The maximum absolute atomic E-state index is 11.3. The molecule has 5 heteroatoms. The van der Waals surface area contributed by atoms with Gasteiger partial charge in [0.15, 0.2) is 5.78 Å². The molecule has 0 fully saturated rings. The average Bonchev–Trinajstić information content (AvgIpc) is 2.72. The average molecular weight is 280 g/mol. The molecule has 0 N–H and O–H groups in total. The predicted molar refractivity (Wildman–Crippen MR) is 80.9 cm³/mol. The quantitative estimate of drug-likeness (QED) is 0.740. The highest BCUT2D eigenvalue weighted by Gasteiger charge is 2.16. The molecule has 0 unspecified atom stereocenters. The zero-order valence-electron chi connectivity index (χ0n) is 12.3. The molecule has 0 saturated carbocycles.